The number of nitrogens with zero attached hydrogens (tertiary/aromatic N) is 1. The van der Waals surface area contributed by atoms with Crippen LogP contribution in [0.5, 0.6) is 0 Å². The standard InChI is InChI=1S/C15H30NS/c1-2-3-4-5-6-7-8-9-10-11-12-16-13-14-17-15-16/h15H,2-14H2,1H3/q+1. The van der Waals surface area contributed by atoms with Crippen molar-refractivity contribution in [2.75, 3.05) is 18.8 Å². The summed E-state index contributed by atoms with van der Waals surface area (Å²) in [7, 11) is 0. The largest absolute Gasteiger partial charge is 0.230 e. The Balaban J connectivity index is 1.72. The van der Waals surface area contributed by atoms with Gasteiger partial charge >= 0.3 is 0 Å². The van der Waals surface area contributed by atoms with E-state index in [4.69, 9.17) is 0 Å². The molecule has 0 N–H and O–H groups in total. The summed E-state index contributed by atoms with van der Waals surface area (Å²) < 4.78 is 2.48. The van der Waals surface area contributed by atoms with E-state index in [0.29, 0.717) is 0 Å². The van der Waals surface area contributed by atoms with Gasteiger partial charge < -0.3 is 0 Å². The van der Waals surface area contributed by atoms with E-state index in [1.165, 1.54) is 83.1 Å². The Labute approximate surface area is 112 Å². The molecule has 0 saturated carbocycles. The van der Waals surface area contributed by atoms with Crippen LogP contribution in [0.15, 0.2) is 0 Å². The van der Waals surface area contributed by atoms with Gasteiger partial charge in [0.1, 0.15) is 6.54 Å². The molecule has 0 saturated heterocycles. The lowest BCUT2D eigenvalue weighted by molar-refractivity contribution is -0.514. The van der Waals surface area contributed by atoms with E-state index in [1.54, 1.807) is 0 Å². The van der Waals surface area contributed by atoms with Crippen LogP contribution >= 0.6 is 11.8 Å². The van der Waals surface area contributed by atoms with Gasteiger partial charge in [-0.3, -0.25) is 0 Å². The molecule has 0 aromatic rings. The second kappa shape index (κ2) is 11.1. The van der Waals surface area contributed by atoms with Crippen LogP contribution in [0.2, 0.25) is 0 Å². The molecule has 100 valence electrons. The van der Waals surface area contributed by atoms with Crippen LogP contribution in [0.1, 0.15) is 71.1 Å². The summed E-state index contributed by atoms with van der Waals surface area (Å²) in [5, 5.41) is 0. The number of thioether (sulfide) groups is 1. The maximum absolute atomic E-state index is 2.48. The van der Waals surface area contributed by atoms with Gasteiger partial charge in [-0.15, -0.1) is 0 Å². The number of rotatable bonds is 11. The molecule has 0 bridgehead atoms. The summed E-state index contributed by atoms with van der Waals surface area (Å²) >= 11 is 1.96. The lowest BCUT2D eigenvalue weighted by Gasteiger charge is -2.01. The molecule has 1 heterocycles. The molecule has 0 spiro atoms. The minimum absolute atomic E-state index is 1.28. The van der Waals surface area contributed by atoms with Gasteiger partial charge in [0, 0.05) is 6.42 Å². The average molecular weight is 256 g/mol. The Kier molecular flexibility index (Phi) is 9.87. The highest BCUT2D eigenvalue weighted by molar-refractivity contribution is 8.12. The Morgan fingerprint density at radius 3 is 2.00 bits per heavy atom. The Morgan fingerprint density at radius 2 is 1.47 bits per heavy atom. The summed E-state index contributed by atoms with van der Waals surface area (Å²) in [6.45, 7) is 4.86. The van der Waals surface area contributed by atoms with Crippen molar-refractivity contribution in [1.29, 1.82) is 0 Å². The zero-order valence-corrected chi connectivity index (χ0v) is 12.4. The summed E-state index contributed by atoms with van der Waals surface area (Å²) in [4.78, 5) is 0. The molecule has 0 unspecified atom stereocenters. The fraction of sp³-hybridized carbons (Fsp3) is 0.933. The normalized spacial score (nSPS) is 15.2. The van der Waals surface area contributed by atoms with Crippen LogP contribution in [-0.2, 0) is 0 Å². The molecule has 0 fully saturated rings. The third-order valence-electron chi connectivity index (χ3n) is 3.52. The van der Waals surface area contributed by atoms with Crippen LogP contribution < -0.4 is 0 Å². The first-order chi connectivity index (χ1) is 8.43. The molecule has 0 amide bonds. The van der Waals surface area contributed by atoms with Gasteiger partial charge in [0.2, 0.25) is 0 Å². The van der Waals surface area contributed by atoms with Crippen molar-refractivity contribution in [2.24, 2.45) is 0 Å². The highest BCUT2D eigenvalue weighted by Gasteiger charge is 2.09. The first-order valence-electron chi connectivity index (χ1n) is 7.62. The fourth-order valence-corrected chi connectivity index (χ4v) is 3.21. The van der Waals surface area contributed by atoms with E-state index in [-0.39, 0.29) is 0 Å². The van der Waals surface area contributed by atoms with Gasteiger partial charge in [-0.1, -0.05) is 70.1 Å². The highest BCUT2D eigenvalue weighted by Crippen LogP contribution is 2.11. The molecule has 1 aliphatic rings. The van der Waals surface area contributed by atoms with Crippen molar-refractivity contribution in [2.45, 2.75) is 71.1 Å². The van der Waals surface area contributed by atoms with E-state index in [2.05, 4.69) is 17.0 Å². The van der Waals surface area contributed by atoms with E-state index >= 15 is 0 Å². The summed E-state index contributed by atoms with van der Waals surface area (Å²) in [5.74, 6) is 1.30. The van der Waals surface area contributed by atoms with E-state index in [9.17, 15) is 0 Å². The van der Waals surface area contributed by atoms with Crippen molar-refractivity contribution in [3.63, 3.8) is 0 Å². The number of hydrogen-bond acceptors (Lipinski definition) is 1. The lowest BCUT2D eigenvalue weighted by atomic mass is 10.1. The van der Waals surface area contributed by atoms with E-state index in [1.807, 2.05) is 11.8 Å². The summed E-state index contributed by atoms with van der Waals surface area (Å²) in [6.07, 6.45) is 14.4. The molecule has 2 heteroatoms. The van der Waals surface area contributed by atoms with E-state index in [0.717, 1.165) is 0 Å². The van der Waals surface area contributed by atoms with Crippen LogP contribution in [0.3, 0.4) is 0 Å². The monoisotopic (exact) mass is 256 g/mol. The van der Waals surface area contributed by atoms with Crippen LogP contribution in [0, 0.1) is 0 Å². The first kappa shape index (κ1) is 15.1. The molecule has 0 atom stereocenters. The van der Waals surface area contributed by atoms with Crippen molar-refractivity contribution in [3.8, 4) is 0 Å². The number of hydrogen-bond donors (Lipinski definition) is 0. The minimum atomic E-state index is 1.28. The predicted molar refractivity (Wildman–Crippen MR) is 80.4 cm³/mol. The molecule has 17 heavy (non-hydrogen) atoms. The predicted octanol–water partition coefficient (Wildman–Crippen LogP) is 4.69. The molecular weight excluding hydrogens is 226 g/mol. The van der Waals surface area contributed by atoms with Crippen molar-refractivity contribution < 1.29 is 4.58 Å². The van der Waals surface area contributed by atoms with Gasteiger partial charge in [0.15, 0.2) is 12.1 Å². The Hall–Kier alpha value is 0.0200. The zero-order chi connectivity index (χ0) is 12.2. The van der Waals surface area contributed by atoms with Gasteiger partial charge in [-0.05, 0) is 6.42 Å². The molecular formula is C15H30NS+. The molecule has 0 aliphatic carbocycles. The van der Waals surface area contributed by atoms with Crippen LogP contribution in [0.25, 0.3) is 0 Å². The molecule has 1 rings (SSSR count). The molecule has 1 aliphatic heterocycles. The lowest BCUT2D eigenvalue weighted by Crippen LogP contribution is -2.11. The average Bonchev–Trinajstić information content (AvgIpc) is 2.85. The zero-order valence-electron chi connectivity index (χ0n) is 11.6. The minimum Gasteiger partial charge on any atom is -0.230 e. The molecule has 0 aromatic carbocycles. The fourth-order valence-electron chi connectivity index (χ4n) is 2.35. The van der Waals surface area contributed by atoms with E-state index < -0.39 is 0 Å². The van der Waals surface area contributed by atoms with Gasteiger partial charge in [-0.25, -0.2) is 4.58 Å². The third-order valence-corrected chi connectivity index (χ3v) is 4.38. The van der Waals surface area contributed by atoms with Crippen molar-refractivity contribution in [3.05, 3.63) is 0 Å². The molecule has 0 aromatic heterocycles. The summed E-state index contributed by atoms with van der Waals surface area (Å²) in [6, 6.07) is 0. The Bertz CT molecular complexity index is 201. The molecule has 0 radical (unpaired) electrons. The van der Waals surface area contributed by atoms with Crippen LogP contribution in [-0.4, -0.2) is 29.0 Å². The molecule has 1 nitrogen and oxygen atoms in total. The maximum Gasteiger partial charge on any atom is 0.198 e. The second-order valence-electron chi connectivity index (χ2n) is 5.19. The van der Waals surface area contributed by atoms with Gasteiger partial charge in [0.25, 0.3) is 0 Å². The topological polar surface area (TPSA) is 3.01 Å². The first-order valence-corrected chi connectivity index (χ1v) is 8.67. The maximum atomic E-state index is 2.48. The van der Waals surface area contributed by atoms with Crippen LogP contribution in [0.4, 0.5) is 0 Å². The van der Waals surface area contributed by atoms with Crippen molar-refractivity contribution in [1.82, 2.24) is 0 Å². The second-order valence-corrected chi connectivity index (χ2v) is 6.15. The number of unbranched alkanes of at least 4 members (excludes halogenated alkanes) is 9. The summed E-state index contributed by atoms with van der Waals surface area (Å²) in [5.41, 5.74) is 2.31. The SMILES string of the molecule is CCCCCCCCCCCC[N+]1=CSCC1. The van der Waals surface area contributed by atoms with Crippen molar-refractivity contribution >= 4 is 17.3 Å². The van der Waals surface area contributed by atoms with Gasteiger partial charge in [-0.2, -0.15) is 0 Å². The Morgan fingerprint density at radius 1 is 0.882 bits per heavy atom. The smallest absolute Gasteiger partial charge is 0.198 e. The quantitative estimate of drug-likeness (QED) is 0.383. The third kappa shape index (κ3) is 8.70. The van der Waals surface area contributed by atoms with Gasteiger partial charge in [0.05, 0.1) is 5.75 Å². The highest BCUT2D eigenvalue weighted by atomic mass is 32.2.